The number of amides is 1. The summed E-state index contributed by atoms with van der Waals surface area (Å²) >= 11 is 0. The number of benzene rings is 1. The summed E-state index contributed by atoms with van der Waals surface area (Å²) in [4.78, 5) is 20.6. The van der Waals surface area contributed by atoms with Crippen molar-refractivity contribution in [3.63, 3.8) is 0 Å². The molecule has 1 heterocycles. The minimum atomic E-state index is -0.186. The van der Waals surface area contributed by atoms with Gasteiger partial charge in [0.1, 0.15) is 0 Å². The van der Waals surface area contributed by atoms with Crippen LogP contribution >= 0.6 is 0 Å². The summed E-state index contributed by atoms with van der Waals surface area (Å²) in [7, 11) is 0. The molecule has 0 radical (unpaired) electrons. The van der Waals surface area contributed by atoms with Gasteiger partial charge in [0.25, 0.3) is 5.91 Å². The predicted octanol–water partition coefficient (Wildman–Crippen LogP) is 3.12. The van der Waals surface area contributed by atoms with Crippen molar-refractivity contribution in [3.8, 4) is 0 Å². The first-order valence-corrected chi connectivity index (χ1v) is 7.36. The molecule has 0 bridgehead atoms. The average molecular weight is 272 g/mol. The first kappa shape index (κ1) is 13.2. The van der Waals surface area contributed by atoms with Crippen LogP contribution < -0.4 is 5.48 Å². The van der Waals surface area contributed by atoms with Gasteiger partial charge in [-0.05, 0) is 44.2 Å². The Morgan fingerprint density at radius 3 is 3.00 bits per heavy atom. The number of carbonyl (C=O) groups excluding carboxylic acids is 1. The summed E-state index contributed by atoms with van der Waals surface area (Å²) in [5, 5.41) is 1.19. The molecule has 0 fully saturated rings. The van der Waals surface area contributed by atoms with E-state index in [1.54, 1.807) is 0 Å². The number of para-hydroxylation sites is 1. The Balaban J connectivity index is 2.04. The van der Waals surface area contributed by atoms with Crippen LogP contribution in [0, 0.1) is 0 Å². The summed E-state index contributed by atoms with van der Waals surface area (Å²) in [6.45, 7) is 2.31. The topological polar surface area (TPSA) is 54.1 Å². The largest absolute Gasteiger partial charge is 0.358 e. The van der Waals surface area contributed by atoms with Crippen LogP contribution in [-0.2, 0) is 17.7 Å². The molecule has 0 saturated heterocycles. The quantitative estimate of drug-likeness (QED) is 0.666. The number of aromatic amines is 1. The van der Waals surface area contributed by atoms with Gasteiger partial charge in [0, 0.05) is 11.1 Å². The molecular weight excluding hydrogens is 252 g/mol. The van der Waals surface area contributed by atoms with E-state index in [1.165, 1.54) is 35.9 Å². The van der Waals surface area contributed by atoms with Gasteiger partial charge in [-0.1, -0.05) is 18.6 Å². The Hall–Kier alpha value is -1.81. The molecule has 4 heteroatoms. The highest BCUT2D eigenvalue weighted by molar-refractivity contribution is 6.06. The van der Waals surface area contributed by atoms with Crippen molar-refractivity contribution in [1.29, 1.82) is 0 Å². The average Bonchev–Trinajstić information content (AvgIpc) is 2.66. The number of hydrogen-bond donors (Lipinski definition) is 2. The third-order valence-electron chi connectivity index (χ3n) is 3.94. The van der Waals surface area contributed by atoms with Crippen LogP contribution in [0.4, 0.5) is 0 Å². The molecule has 2 N–H and O–H groups in total. The molecule has 2 aromatic rings. The van der Waals surface area contributed by atoms with Gasteiger partial charge in [-0.3, -0.25) is 9.63 Å². The lowest BCUT2D eigenvalue weighted by atomic mass is 10.0. The summed E-state index contributed by atoms with van der Waals surface area (Å²) in [6, 6.07) is 5.89. The molecule has 1 aromatic carbocycles. The monoisotopic (exact) mass is 272 g/mol. The maximum Gasteiger partial charge on any atom is 0.276 e. The number of fused-ring (bicyclic) bond motifs is 3. The zero-order valence-electron chi connectivity index (χ0n) is 11.8. The van der Waals surface area contributed by atoms with Crippen molar-refractivity contribution in [2.24, 2.45) is 0 Å². The standard InChI is InChI=1S/C16H20N2O2/c1-2-20-18-16(19)13-9-6-8-12-11-7-4-3-5-10-14(11)17-15(12)13/h6,8-9,17H,2-5,7,10H2,1H3,(H,18,19). The fourth-order valence-electron chi connectivity index (χ4n) is 2.99. The molecule has 20 heavy (non-hydrogen) atoms. The minimum absolute atomic E-state index is 0.186. The number of hydroxylamine groups is 1. The lowest BCUT2D eigenvalue weighted by Gasteiger charge is -2.05. The van der Waals surface area contributed by atoms with E-state index in [-0.39, 0.29) is 5.91 Å². The number of aromatic nitrogens is 1. The van der Waals surface area contributed by atoms with Gasteiger partial charge in [-0.2, -0.15) is 0 Å². The molecule has 1 aromatic heterocycles. The second-order valence-corrected chi connectivity index (χ2v) is 5.24. The van der Waals surface area contributed by atoms with Crippen molar-refractivity contribution in [2.75, 3.05) is 6.61 Å². The van der Waals surface area contributed by atoms with Crippen LogP contribution in [-0.4, -0.2) is 17.5 Å². The zero-order chi connectivity index (χ0) is 13.9. The normalized spacial score (nSPS) is 14.8. The third kappa shape index (κ3) is 2.31. The van der Waals surface area contributed by atoms with E-state index in [0.717, 1.165) is 18.4 Å². The number of aryl methyl sites for hydroxylation is 2. The van der Waals surface area contributed by atoms with E-state index in [9.17, 15) is 4.79 Å². The summed E-state index contributed by atoms with van der Waals surface area (Å²) < 4.78 is 0. The van der Waals surface area contributed by atoms with E-state index in [4.69, 9.17) is 4.84 Å². The molecule has 0 spiro atoms. The van der Waals surface area contributed by atoms with Crippen LogP contribution in [0.1, 0.15) is 47.8 Å². The van der Waals surface area contributed by atoms with Gasteiger partial charge in [0.15, 0.2) is 0 Å². The van der Waals surface area contributed by atoms with Gasteiger partial charge >= 0.3 is 0 Å². The van der Waals surface area contributed by atoms with Gasteiger partial charge in [-0.15, -0.1) is 0 Å². The lowest BCUT2D eigenvalue weighted by Crippen LogP contribution is -2.23. The Kier molecular flexibility index (Phi) is 3.74. The Bertz CT molecular complexity index is 631. The number of H-pyrrole nitrogens is 1. The third-order valence-corrected chi connectivity index (χ3v) is 3.94. The molecule has 1 aliphatic carbocycles. The maximum absolute atomic E-state index is 12.1. The lowest BCUT2D eigenvalue weighted by molar-refractivity contribution is 0.0366. The first-order valence-electron chi connectivity index (χ1n) is 7.36. The molecule has 0 saturated carbocycles. The first-order chi connectivity index (χ1) is 9.81. The van der Waals surface area contributed by atoms with E-state index in [2.05, 4.69) is 16.5 Å². The fourth-order valence-corrected chi connectivity index (χ4v) is 2.99. The maximum atomic E-state index is 12.1. The van der Waals surface area contributed by atoms with Gasteiger partial charge < -0.3 is 4.98 Å². The highest BCUT2D eigenvalue weighted by Crippen LogP contribution is 2.30. The smallest absolute Gasteiger partial charge is 0.276 e. The van der Waals surface area contributed by atoms with Crippen LogP contribution in [0.2, 0.25) is 0 Å². The summed E-state index contributed by atoms with van der Waals surface area (Å²) in [5.41, 5.74) is 6.76. The molecule has 4 nitrogen and oxygen atoms in total. The van der Waals surface area contributed by atoms with E-state index in [0.29, 0.717) is 12.2 Å². The zero-order valence-corrected chi connectivity index (χ0v) is 11.8. The predicted molar refractivity (Wildman–Crippen MR) is 78.6 cm³/mol. The fraction of sp³-hybridized carbons (Fsp3) is 0.438. The van der Waals surface area contributed by atoms with Crippen LogP contribution in [0.3, 0.4) is 0 Å². The molecule has 0 unspecified atom stereocenters. The molecule has 1 amide bonds. The highest BCUT2D eigenvalue weighted by Gasteiger charge is 2.18. The molecule has 3 rings (SSSR count). The van der Waals surface area contributed by atoms with Gasteiger partial charge in [0.2, 0.25) is 0 Å². The van der Waals surface area contributed by atoms with E-state index >= 15 is 0 Å². The number of carbonyl (C=O) groups is 1. The Morgan fingerprint density at radius 2 is 2.15 bits per heavy atom. The van der Waals surface area contributed by atoms with Gasteiger partial charge in [-0.25, -0.2) is 5.48 Å². The van der Waals surface area contributed by atoms with Crippen molar-refractivity contribution in [2.45, 2.75) is 39.0 Å². The van der Waals surface area contributed by atoms with Crippen LogP contribution in [0.15, 0.2) is 18.2 Å². The Morgan fingerprint density at radius 1 is 1.30 bits per heavy atom. The molecule has 106 valence electrons. The van der Waals surface area contributed by atoms with Gasteiger partial charge in [0.05, 0.1) is 17.7 Å². The SMILES string of the molecule is CCONC(=O)c1cccc2c3c([nH]c12)CCCCC3. The van der Waals surface area contributed by atoms with Crippen molar-refractivity contribution in [1.82, 2.24) is 10.5 Å². The number of rotatable bonds is 3. The van der Waals surface area contributed by atoms with Crippen molar-refractivity contribution in [3.05, 3.63) is 35.0 Å². The summed E-state index contributed by atoms with van der Waals surface area (Å²) in [5.74, 6) is -0.186. The van der Waals surface area contributed by atoms with E-state index in [1.807, 2.05) is 19.1 Å². The number of nitrogens with one attached hydrogen (secondary N) is 2. The molecule has 1 aliphatic rings. The molecular formula is C16H20N2O2. The highest BCUT2D eigenvalue weighted by atomic mass is 16.6. The van der Waals surface area contributed by atoms with Crippen LogP contribution in [0.25, 0.3) is 10.9 Å². The second-order valence-electron chi connectivity index (χ2n) is 5.24. The second kappa shape index (κ2) is 5.67. The summed E-state index contributed by atoms with van der Waals surface area (Å²) in [6.07, 6.45) is 5.92. The number of hydrogen-bond acceptors (Lipinski definition) is 2. The molecule has 0 atom stereocenters. The Labute approximate surface area is 118 Å². The minimum Gasteiger partial charge on any atom is -0.358 e. The van der Waals surface area contributed by atoms with Crippen molar-refractivity contribution >= 4 is 16.8 Å². The van der Waals surface area contributed by atoms with Crippen LogP contribution in [0.5, 0.6) is 0 Å². The molecule has 0 aliphatic heterocycles. The van der Waals surface area contributed by atoms with E-state index < -0.39 is 0 Å². The van der Waals surface area contributed by atoms with Crippen molar-refractivity contribution < 1.29 is 9.63 Å².